The maximum Gasteiger partial charge on any atom is 0.222 e. The Kier molecular flexibility index (Phi) is 5.19. The molecule has 1 unspecified atom stereocenters. The lowest BCUT2D eigenvalue weighted by molar-refractivity contribution is -0.133. The quantitative estimate of drug-likeness (QED) is 0.741. The Balaban J connectivity index is 1.85. The summed E-state index contributed by atoms with van der Waals surface area (Å²) in [5.41, 5.74) is 0. The molecular formula is C14H26N2O3. The summed E-state index contributed by atoms with van der Waals surface area (Å²) in [5, 5.41) is 18.7. The molecule has 0 aromatic carbocycles. The SMILES string of the molecule is CN1CC(CN2C[C@H](CO)C[C@H](CO)C2)CCC1=O. The average molecular weight is 270 g/mol. The summed E-state index contributed by atoms with van der Waals surface area (Å²) in [4.78, 5) is 15.7. The number of hydrogen-bond donors (Lipinski definition) is 2. The van der Waals surface area contributed by atoms with Gasteiger partial charge < -0.3 is 20.0 Å². The summed E-state index contributed by atoms with van der Waals surface area (Å²) >= 11 is 0. The number of aliphatic hydroxyl groups excluding tert-OH is 2. The molecule has 2 aliphatic rings. The normalized spacial score (nSPS) is 33.7. The van der Waals surface area contributed by atoms with Crippen LogP contribution in [-0.2, 0) is 4.79 Å². The monoisotopic (exact) mass is 270 g/mol. The molecule has 110 valence electrons. The van der Waals surface area contributed by atoms with Gasteiger partial charge in [-0.05, 0) is 30.6 Å². The minimum absolute atomic E-state index is 0.204. The van der Waals surface area contributed by atoms with Crippen molar-refractivity contribution in [3.63, 3.8) is 0 Å². The van der Waals surface area contributed by atoms with Crippen molar-refractivity contribution >= 4 is 5.91 Å². The molecule has 0 spiro atoms. The first-order chi connectivity index (χ1) is 9.12. The van der Waals surface area contributed by atoms with Crippen LogP contribution in [0.4, 0.5) is 0 Å². The predicted molar refractivity (Wildman–Crippen MR) is 72.6 cm³/mol. The van der Waals surface area contributed by atoms with Crippen molar-refractivity contribution in [1.82, 2.24) is 9.80 Å². The fourth-order valence-corrected chi connectivity index (χ4v) is 3.45. The van der Waals surface area contributed by atoms with Crippen molar-refractivity contribution in [2.75, 3.05) is 46.4 Å². The molecular weight excluding hydrogens is 244 g/mol. The number of piperidine rings is 2. The number of carbonyl (C=O) groups is 1. The molecule has 0 aromatic heterocycles. The lowest BCUT2D eigenvalue weighted by Gasteiger charge is -2.40. The van der Waals surface area contributed by atoms with E-state index in [9.17, 15) is 15.0 Å². The van der Waals surface area contributed by atoms with E-state index < -0.39 is 0 Å². The lowest BCUT2D eigenvalue weighted by Crippen LogP contribution is -2.47. The molecule has 2 rings (SSSR count). The van der Waals surface area contributed by atoms with Crippen molar-refractivity contribution in [3.8, 4) is 0 Å². The third-order valence-electron chi connectivity index (χ3n) is 4.46. The number of likely N-dealkylation sites (tertiary alicyclic amines) is 2. The molecule has 2 N–H and O–H groups in total. The Morgan fingerprint density at radius 2 is 1.74 bits per heavy atom. The molecule has 19 heavy (non-hydrogen) atoms. The Labute approximate surface area is 115 Å². The highest BCUT2D eigenvalue weighted by Crippen LogP contribution is 2.24. The van der Waals surface area contributed by atoms with Gasteiger partial charge in [-0.1, -0.05) is 0 Å². The Morgan fingerprint density at radius 1 is 1.11 bits per heavy atom. The minimum atomic E-state index is 0.204. The third-order valence-corrected chi connectivity index (χ3v) is 4.46. The highest BCUT2D eigenvalue weighted by Gasteiger charge is 2.30. The van der Waals surface area contributed by atoms with Crippen molar-refractivity contribution in [2.45, 2.75) is 19.3 Å². The zero-order valence-corrected chi connectivity index (χ0v) is 11.8. The molecule has 2 saturated heterocycles. The summed E-state index contributed by atoms with van der Waals surface area (Å²) in [6.07, 6.45) is 2.54. The first kappa shape index (κ1) is 14.8. The van der Waals surface area contributed by atoms with Gasteiger partial charge in [0, 0.05) is 52.9 Å². The molecule has 5 heteroatoms. The molecule has 2 fully saturated rings. The van der Waals surface area contributed by atoms with E-state index in [1.807, 2.05) is 11.9 Å². The maximum absolute atomic E-state index is 11.5. The number of rotatable bonds is 4. The molecule has 0 saturated carbocycles. The molecule has 0 aliphatic carbocycles. The van der Waals surface area contributed by atoms with Crippen molar-refractivity contribution < 1.29 is 15.0 Å². The molecule has 0 aromatic rings. The molecule has 0 radical (unpaired) electrons. The fraction of sp³-hybridized carbons (Fsp3) is 0.929. The summed E-state index contributed by atoms with van der Waals surface area (Å²) in [5.74, 6) is 1.35. The summed E-state index contributed by atoms with van der Waals surface area (Å²) in [6.45, 7) is 4.06. The van der Waals surface area contributed by atoms with Crippen LogP contribution in [0.25, 0.3) is 0 Å². The van der Waals surface area contributed by atoms with Gasteiger partial charge in [0.15, 0.2) is 0 Å². The molecule has 2 aliphatic heterocycles. The van der Waals surface area contributed by atoms with Crippen molar-refractivity contribution in [2.24, 2.45) is 17.8 Å². The molecule has 2 heterocycles. The number of hydrogen-bond acceptors (Lipinski definition) is 4. The van der Waals surface area contributed by atoms with Crippen LogP contribution in [0.2, 0.25) is 0 Å². The molecule has 0 bridgehead atoms. The van der Waals surface area contributed by atoms with E-state index >= 15 is 0 Å². The summed E-state index contributed by atoms with van der Waals surface area (Å²) < 4.78 is 0. The highest BCUT2D eigenvalue weighted by atomic mass is 16.3. The van der Waals surface area contributed by atoms with Crippen LogP contribution >= 0.6 is 0 Å². The average Bonchev–Trinajstić information content (AvgIpc) is 2.42. The largest absolute Gasteiger partial charge is 0.396 e. The number of carbonyl (C=O) groups excluding carboxylic acids is 1. The second kappa shape index (κ2) is 6.68. The second-order valence-electron chi connectivity index (χ2n) is 6.23. The van der Waals surface area contributed by atoms with E-state index in [4.69, 9.17) is 0 Å². The maximum atomic E-state index is 11.5. The van der Waals surface area contributed by atoms with Gasteiger partial charge in [0.1, 0.15) is 0 Å². The van der Waals surface area contributed by atoms with Crippen LogP contribution in [0.3, 0.4) is 0 Å². The van der Waals surface area contributed by atoms with Gasteiger partial charge >= 0.3 is 0 Å². The third kappa shape index (κ3) is 3.91. The van der Waals surface area contributed by atoms with Gasteiger partial charge in [-0.25, -0.2) is 0 Å². The van der Waals surface area contributed by atoms with Gasteiger partial charge in [0.25, 0.3) is 0 Å². The van der Waals surface area contributed by atoms with E-state index in [1.165, 1.54) is 0 Å². The summed E-state index contributed by atoms with van der Waals surface area (Å²) in [7, 11) is 1.87. The van der Waals surface area contributed by atoms with Gasteiger partial charge in [-0.3, -0.25) is 4.79 Å². The molecule has 1 amide bonds. The van der Waals surface area contributed by atoms with E-state index in [-0.39, 0.29) is 31.0 Å². The van der Waals surface area contributed by atoms with Crippen LogP contribution in [0.5, 0.6) is 0 Å². The first-order valence-corrected chi connectivity index (χ1v) is 7.30. The van der Waals surface area contributed by atoms with Gasteiger partial charge in [0.2, 0.25) is 5.91 Å². The number of nitrogens with zero attached hydrogens (tertiary/aromatic N) is 2. The van der Waals surface area contributed by atoms with E-state index in [1.54, 1.807) is 0 Å². The van der Waals surface area contributed by atoms with Crippen LogP contribution < -0.4 is 0 Å². The predicted octanol–water partition coefficient (Wildman–Crippen LogP) is -0.222. The second-order valence-corrected chi connectivity index (χ2v) is 6.23. The van der Waals surface area contributed by atoms with E-state index in [0.29, 0.717) is 12.3 Å². The van der Waals surface area contributed by atoms with Crippen LogP contribution in [-0.4, -0.2) is 72.4 Å². The van der Waals surface area contributed by atoms with Crippen molar-refractivity contribution in [1.29, 1.82) is 0 Å². The van der Waals surface area contributed by atoms with Gasteiger partial charge in [-0.2, -0.15) is 0 Å². The fourth-order valence-electron chi connectivity index (χ4n) is 3.45. The first-order valence-electron chi connectivity index (χ1n) is 7.30. The van der Waals surface area contributed by atoms with Crippen LogP contribution in [0.1, 0.15) is 19.3 Å². The van der Waals surface area contributed by atoms with Crippen LogP contribution in [0, 0.1) is 17.8 Å². The Hall–Kier alpha value is -0.650. The van der Waals surface area contributed by atoms with E-state index in [2.05, 4.69) is 4.90 Å². The minimum Gasteiger partial charge on any atom is -0.396 e. The Bertz CT molecular complexity index is 299. The smallest absolute Gasteiger partial charge is 0.222 e. The molecule has 5 nitrogen and oxygen atoms in total. The zero-order chi connectivity index (χ0) is 13.8. The number of aliphatic hydroxyl groups is 2. The standard InChI is InChI=1S/C14H26N2O3/c1-15-5-11(2-3-14(15)19)6-16-7-12(9-17)4-13(8-16)10-18/h11-13,17-18H,2-10H2,1H3/t11?,12-,13+. The Morgan fingerprint density at radius 3 is 2.26 bits per heavy atom. The van der Waals surface area contributed by atoms with E-state index in [0.717, 1.165) is 39.0 Å². The number of amides is 1. The molecule has 3 atom stereocenters. The zero-order valence-electron chi connectivity index (χ0n) is 11.8. The highest BCUT2D eigenvalue weighted by molar-refractivity contribution is 5.76. The topological polar surface area (TPSA) is 64.0 Å². The lowest BCUT2D eigenvalue weighted by atomic mass is 9.88. The van der Waals surface area contributed by atoms with Crippen molar-refractivity contribution in [3.05, 3.63) is 0 Å². The van der Waals surface area contributed by atoms with Gasteiger partial charge in [0.05, 0.1) is 0 Å². The van der Waals surface area contributed by atoms with Crippen LogP contribution in [0.15, 0.2) is 0 Å². The summed E-state index contributed by atoms with van der Waals surface area (Å²) in [6, 6.07) is 0. The van der Waals surface area contributed by atoms with Gasteiger partial charge in [-0.15, -0.1) is 0 Å².